The van der Waals surface area contributed by atoms with Gasteiger partial charge in [-0.2, -0.15) is 0 Å². The van der Waals surface area contributed by atoms with Gasteiger partial charge in [0.05, 0.1) is 11.8 Å². The third-order valence-corrected chi connectivity index (χ3v) is 5.00. The summed E-state index contributed by atoms with van der Waals surface area (Å²) in [6.07, 6.45) is 0.966. The van der Waals surface area contributed by atoms with Crippen LogP contribution in [0.25, 0.3) is 0 Å². The van der Waals surface area contributed by atoms with Crippen LogP contribution < -0.4 is 14.8 Å². The van der Waals surface area contributed by atoms with Gasteiger partial charge in [-0.3, -0.25) is 4.79 Å². The summed E-state index contributed by atoms with van der Waals surface area (Å²) in [6.45, 7) is 0.534. The molecule has 3 aromatic carbocycles. The fourth-order valence-electron chi connectivity index (χ4n) is 3.17. The number of carboxylic acid groups (broad SMARTS) is 1. The summed E-state index contributed by atoms with van der Waals surface area (Å²) < 4.78 is 25.3. The first-order valence-electron chi connectivity index (χ1n) is 10.7. The zero-order chi connectivity index (χ0) is 24.6. The highest BCUT2D eigenvalue weighted by Crippen LogP contribution is 2.26. The van der Waals surface area contributed by atoms with Gasteiger partial charge < -0.3 is 19.9 Å². The van der Waals surface area contributed by atoms with E-state index in [1.807, 2.05) is 30.3 Å². The van der Waals surface area contributed by atoms with Crippen LogP contribution in [0.15, 0.2) is 91.1 Å². The minimum atomic E-state index is -1.04. The number of aromatic carboxylic acids is 1. The van der Waals surface area contributed by atoms with Gasteiger partial charge in [0.15, 0.2) is 0 Å². The molecule has 2 N–H and O–H groups in total. The molecule has 4 rings (SSSR count). The molecule has 0 aliphatic rings. The monoisotopic (exact) mass is 472 g/mol. The van der Waals surface area contributed by atoms with Gasteiger partial charge in [0.1, 0.15) is 29.5 Å². The Bertz CT molecular complexity index is 1310. The first-order valence-corrected chi connectivity index (χ1v) is 10.7. The highest BCUT2D eigenvalue weighted by Gasteiger charge is 2.16. The van der Waals surface area contributed by atoms with Crippen molar-refractivity contribution in [3.8, 4) is 17.4 Å². The molecule has 0 aliphatic heterocycles. The number of halogens is 1. The molecule has 176 valence electrons. The van der Waals surface area contributed by atoms with E-state index in [0.29, 0.717) is 23.7 Å². The van der Waals surface area contributed by atoms with Gasteiger partial charge in [0.25, 0.3) is 5.91 Å². The summed E-state index contributed by atoms with van der Waals surface area (Å²) in [5.74, 6) is -1.32. The third-order valence-electron chi connectivity index (χ3n) is 5.00. The molecule has 1 amide bonds. The molecular weight excluding hydrogens is 451 g/mol. The maximum Gasteiger partial charge on any atom is 0.335 e. The molecule has 0 unspecified atom stereocenters. The number of aromatic nitrogens is 1. The van der Waals surface area contributed by atoms with E-state index in [0.717, 1.165) is 17.8 Å². The van der Waals surface area contributed by atoms with Gasteiger partial charge in [-0.05, 0) is 53.6 Å². The summed E-state index contributed by atoms with van der Waals surface area (Å²) >= 11 is 0. The van der Waals surface area contributed by atoms with E-state index >= 15 is 0 Å². The SMILES string of the molecule is O=C(O)c1ccc(CNC(=O)c2cc(F)cnc2Oc2ccc(OCc3ccccc3)cc2)cc1. The molecule has 4 aromatic rings. The van der Waals surface area contributed by atoms with Crippen molar-refractivity contribution in [3.05, 3.63) is 119 Å². The van der Waals surface area contributed by atoms with Gasteiger partial charge in [-0.25, -0.2) is 14.2 Å². The standard InChI is InChI=1S/C27H21FN2O5/c28-21-14-24(25(31)29-15-18-6-8-20(9-7-18)27(32)33)26(30-16-21)35-23-12-10-22(11-13-23)34-17-19-4-2-1-3-5-19/h1-14,16H,15,17H2,(H,29,31)(H,32,33). The van der Waals surface area contributed by atoms with Crippen molar-refractivity contribution in [1.29, 1.82) is 0 Å². The van der Waals surface area contributed by atoms with Crippen molar-refractivity contribution in [2.75, 3.05) is 0 Å². The van der Waals surface area contributed by atoms with Crippen molar-refractivity contribution in [1.82, 2.24) is 10.3 Å². The summed E-state index contributed by atoms with van der Waals surface area (Å²) in [5, 5.41) is 11.6. The largest absolute Gasteiger partial charge is 0.489 e. The van der Waals surface area contributed by atoms with Crippen LogP contribution in [0.1, 0.15) is 31.8 Å². The van der Waals surface area contributed by atoms with Crippen LogP contribution in [-0.2, 0) is 13.2 Å². The smallest absolute Gasteiger partial charge is 0.335 e. The number of benzene rings is 3. The summed E-state index contributed by atoms with van der Waals surface area (Å²) in [7, 11) is 0. The quantitative estimate of drug-likeness (QED) is 0.347. The maximum absolute atomic E-state index is 13.8. The molecule has 8 heteroatoms. The number of carbonyl (C=O) groups excluding carboxylic acids is 1. The number of nitrogens with one attached hydrogen (secondary N) is 1. The molecule has 7 nitrogen and oxygen atoms in total. The molecule has 0 atom stereocenters. The zero-order valence-electron chi connectivity index (χ0n) is 18.5. The molecule has 0 radical (unpaired) electrons. The Morgan fingerprint density at radius 3 is 2.26 bits per heavy atom. The van der Waals surface area contributed by atoms with E-state index in [2.05, 4.69) is 10.3 Å². The zero-order valence-corrected chi connectivity index (χ0v) is 18.5. The Labute approximate surface area is 200 Å². The minimum absolute atomic E-state index is 0.0527. The number of ether oxygens (including phenoxy) is 2. The van der Waals surface area contributed by atoms with Gasteiger partial charge in [-0.1, -0.05) is 42.5 Å². The van der Waals surface area contributed by atoms with Crippen LogP contribution in [0.3, 0.4) is 0 Å². The molecule has 1 aromatic heterocycles. The molecule has 35 heavy (non-hydrogen) atoms. The lowest BCUT2D eigenvalue weighted by Crippen LogP contribution is -2.23. The fourth-order valence-corrected chi connectivity index (χ4v) is 3.17. The van der Waals surface area contributed by atoms with Crippen LogP contribution in [0.2, 0.25) is 0 Å². The lowest BCUT2D eigenvalue weighted by atomic mass is 10.1. The van der Waals surface area contributed by atoms with Crippen molar-refractivity contribution < 1.29 is 28.6 Å². The third kappa shape index (κ3) is 6.42. The van der Waals surface area contributed by atoms with Crippen LogP contribution in [0.5, 0.6) is 17.4 Å². The highest BCUT2D eigenvalue weighted by atomic mass is 19.1. The molecule has 1 heterocycles. The Kier molecular flexibility index (Phi) is 7.32. The number of amides is 1. The van der Waals surface area contributed by atoms with E-state index in [9.17, 15) is 14.0 Å². The van der Waals surface area contributed by atoms with Gasteiger partial charge >= 0.3 is 5.97 Å². The topological polar surface area (TPSA) is 97.8 Å². The molecule has 0 saturated carbocycles. The fraction of sp³-hybridized carbons (Fsp3) is 0.0741. The maximum atomic E-state index is 13.8. The van der Waals surface area contributed by atoms with Gasteiger partial charge in [-0.15, -0.1) is 0 Å². The van der Waals surface area contributed by atoms with Crippen molar-refractivity contribution in [2.24, 2.45) is 0 Å². The van der Waals surface area contributed by atoms with E-state index in [4.69, 9.17) is 14.6 Å². The summed E-state index contributed by atoms with van der Waals surface area (Å²) in [4.78, 5) is 27.6. The molecule has 0 spiro atoms. The van der Waals surface area contributed by atoms with Crippen LogP contribution >= 0.6 is 0 Å². The number of pyridine rings is 1. The molecule has 0 aliphatic carbocycles. The van der Waals surface area contributed by atoms with E-state index in [-0.39, 0.29) is 23.6 Å². The first-order chi connectivity index (χ1) is 17.0. The predicted molar refractivity (Wildman–Crippen MR) is 126 cm³/mol. The van der Waals surface area contributed by atoms with Gasteiger partial charge in [0.2, 0.25) is 5.88 Å². The predicted octanol–water partition coefficient (Wildman–Crippen LogP) is 5.22. The second-order valence-electron chi connectivity index (χ2n) is 7.54. The number of hydrogen-bond acceptors (Lipinski definition) is 5. The normalized spacial score (nSPS) is 10.4. The first kappa shape index (κ1) is 23.4. The van der Waals surface area contributed by atoms with Crippen molar-refractivity contribution >= 4 is 11.9 Å². The highest BCUT2D eigenvalue weighted by molar-refractivity contribution is 5.96. The molecule has 0 bridgehead atoms. The lowest BCUT2D eigenvalue weighted by Gasteiger charge is -2.12. The van der Waals surface area contributed by atoms with Crippen molar-refractivity contribution in [2.45, 2.75) is 13.2 Å². The Morgan fingerprint density at radius 1 is 0.886 bits per heavy atom. The number of carboxylic acids is 1. The number of rotatable bonds is 9. The molecule has 0 fully saturated rings. The van der Waals surface area contributed by atoms with Crippen LogP contribution in [0.4, 0.5) is 4.39 Å². The Hall–Kier alpha value is -4.72. The second-order valence-corrected chi connectivity index (χ2v) is 7.54. The molecule has 0 saturated heterocycles. The number of nitrogens with zero attached hydrogens (tertiary/aromatic N) is 1. The van der Waals surface area contributed by atoms with Crippen molar-refractivity contribution in [3.63, 3.8) is 0 Å². The van der Waals surface area contributed by atoms with Crippen LogP contribution in [0, 0.1) is 5.82 Å². The minimum Gasteiger partial charge on any atom is -0.489 e. The number of carbonyl (C=O) groups is 2. The number of hydrogen-bond donors (Lipinski definition) is 2. The Morgan fingerprint density at radius 2 is 1.57 bits per heavy atom. The van der Waals surface area contributed by atoms with E-state index < -0.39 is 17.7 Å². The lowest BCUT2D eigenvalue weighted by molar-refractivity contribution is 0.0696. The van der Waals surface area contributed by atoms with Gasteiger partial charge in [0, 0.05) is 6.54 Å². The van der Waals surface area contributed by atoms with Crippen LogP contribution in [-0.4, -0.2) is 22.0 Å². The summed E-state index contributed by atoms with van der Waals surface area (Å²) in [6, 6.07) is 23.6. The average Bonchev–Trinajstić information content (AvgIpc) is 2.88. The van der Waals surface area contributed by atoms with E-state index in [1.165, 1.54) is 12.1 Å². The van der Waals surface area contributed by atoms with E-state index in [1.54, 1.807) is 36.4 Å². The second kappa shape index (κ2) is 10.9. The Balaban J connectivity index is 1.40. The summed E-state index contributed by atoms with van der Waals surface area (Å²) in [5.41, 5.74) is 1.79. The molecular formula is C27H21FN2O5. The average molecular weight is 472 g/mol.